The molecular formula is C19H19N3O4. The van der Waals surface area contributed by atoms with Crippen LogP contribution in [0, 0.1) is 0 Å². The molecule has 0 spiro atoms. The number of carbonyl (C=O) groups is 1. The minimum atomic E-state index is -0.163. The van der Waals surface area contributed by atoms with Crippen LogP contribution in [0.3, 0.4) is 0 Å². The maximum atomic E-state index is 12.6. The van der Waals surface area contributed by atoms with E-state index in [0.29, 0.717) is 30.3 Å². The van der Waals surface area contributed by atoms with Crippen molar-refractivity contribution in [3.8, 4) is 11.5 Å². The van der Waals surface area contributed by atoms with Crippen molar-refractivity contribution in [3.05, 3.63) is 52.9 Å². The van der Waals surface area contributed by atoms with Gasteiger partial charge in [0.1, 0.15) is 0 Å². The Morgan fingerprint density at radius 1 is 1.08 bits per heavy atom. The van der Waals surface area contributed by atoms with Crippen LogP contribution in [-0.4, -0.2) is 21.8 Å². The first-order valence-corrected chi connectivity index (χ1v) is 8.55. The maximum Gasteiger partial charge on any atom is 0.329 e. The van der Waals surface area contributed by atoms with E-state index in [-0.39, 0.29) is 24.8 Å². The van der Waals surface area contributed by atoms with E-state index in [1.807, 2.05) is 31.2 Å². The summed E-state index contributed by atoms with van der Waals surface area (Å²) in [5, 5.41) is 2.83. The molecule has 7 nitrogen and oxygen atoms in total. The number of hydrogen-bond donors (Lipinski definition) is 1. The molecule has 134 valence electrons. The molecular weight excluding hydrogens is 334 g/mol. The standard InChI is InChI=1S/C19H19N3O4/c1-2-21-14-5-3-4-6-15(14)22(19(21)24)10-9-18(23)20-13-7-8-16-17(11-13)26-12-25-16/h3-8,11H,2,9-10,12H2,1H3,(H,20,23). The first kappa shape index (κ1) is 16.3. The molecule has 0 radical (unpaired) electrons. The van der Waals surface area contributed by atoms with Crippen molar-refractivity contribution in [3.63, 3.8) is 0 Å². The number of aromatic nitrogens is 2. The van der Waals surface area contributed by atoms with E-state index in [0.717, 1.165) is 11.0 Å². The average Bonchev–Trinajstić information content (AvgIpc) is 3.21. The Balaban J connectivity index is 1.49. The highest BCUT2D eigenvalue weighted by Gasteiger charge is 2.15. The number of nitrogens with one attached hydrogen (secondary N) is 1. The van der Waals surface area contributed by atoms with Crippen molar-refractivity contribution < 1.29 is 14.3 Å². The van der Waals surface area contributed by atoms with E-state index >= 15 is 0 Å². The van der Waals surface area contributed by atoms with Gasteiger partial charge in [-0.3, -0.25) is 13.9 Å². The van der Waals surface area contributed by atoms with E-state index in [1.165, 1.54) is 0 Å². The molecule has 1 aliphatic rings. The summed E-state index contributed by atoms with van der Waals surface area (Å²) in [6.07, 6.45) is 0.200. The van der Waals surface area contributed by atoms with Crippen molar-refractivity contribution in [2.45, 2.75) is 26.4 Å². The third-order valence-corrected chi connectivity index (χ3v) is 4.46. The number of aryl methyl sites for hydroxylation is 2. The zero-order chi connectivity index (χ0) is 18.1. The minimum Gasteiger partial charge on any atom is -0.454 e. The number of fused-ring (bicyclic) bond motifs is 2. The highest BCUT2D eigenvalue weighted by molar-refractivity contribution is 5.91. The van der Waals surface area contributed by atoms with Gasteiger partial charge < -0.3 is 14.8 Å². The highest BCUT2D eigenvalue weighted by atomic mass is 16.7. The van der Waals surface area contributed by atoms with Gasteiger partial charge in [-0.2, -0.15) is 0 Å². The molecule has 0 bridgehead atoms. The average molecular weight is 353 g/mol. The fraction of sp³-hybridized carbons (Fsp3) is 0.263. The summed E-state index contributed by atoms with van der Waals surface area (Å²) in [5.41, 5.74) is 2.28. The van der Waals surface area contributed by atoms with Crippen LogP contribution < -0.4 is 20.5 Å². The molecule has 0 saturated carbocycles. The zero-order valence-electron chi connectivity index (χ0n) is 14.4. The van der Waals surface area contributed by atoms with E-state index in [2.05, 4.69) is 5.32 Å². The second-order valence-corrected chi connectivity index (χ2v) is 6.03. The van der Waals surface area contributed by atoms with Gasteiger partial charge in [0.25, 0.3) is 0 Å². The Morgan fingerprint density at radius 3 is 2.58 bits per heavy atom. The minimum absolute atomic E-state index is 0.0930. The smallest absolute Gasteiger partial charge is 0.329 e. The van der Waals surface area contributed by atoms with Gasteiger partial charge in [0, 0.05) is 31.3 Å². The van der Waals surface area contributed by atoms with Crippen LogP contribution in [-0.2, 0) is 17.9 Å². The number of anilines is 1. The Bertz CT molecular complexity index is 1030. The van der Waals surface area contributed by atoms with Gasteiger partial charge in [0.05, 0.1) is 11.0 Å². The van der Waals surface area contributed by atoms with Gasteiger partial charge >= 0.3 is 5.69 Å². The number of amides is 1. The fourth-order valence-electron chi connectivity index (χ4n) is 3.21. The number of carbonyl (C=O) groups excluding carboxylic acids is 1. The molecule has 0 atom stereocenters. The van der Waals surface area contributed by atoms with Crippen molar-refractivity contribution in [2.24, 2.45) is 0 Å². The molecule has 0 saturated heterocycles. The van der Waals surface area contributed by atoms with Crippen LogP contribution in [0.25, 0.3) is 11.0 Å². The second-order valence-electron chi connectivity index (χ2n) is 6.03. The van der Waals surface area contributed by atoms with Crippen molar-refractivity contribution in [2.75, 3.05) is 12.1 Å². The molecule has 2 heterocycles. The van der Waals surface area contributed by atoms with E-state index in [4.69, 9.17) is 9.47 Å². The van der Waals surface area contributed by atoms with Gasteiger partial charge in [-0.15, -0.1) is 0 Å². The zero-order valence-corrected chi connectivity index (χ0v) is 14.4. The first-order chi connectivity index (χ1) is 12.7. The molecule has 7 heteroatoms. The van der Waals surface area contributed by atoms with Crippen molar-refractivity contribution in [1.82, 2.24) is 9.13 Å². The Morgan fingerprint density at radius 2 is 1.81 bits per heavy atom. The van der Waals surface area contributed by atoms with Gasteiger partial charge in [0.15, 0.2) is 11.5 Å². The predicted octanol–water partition coefficient (Wildman–Crippen LogP) is 2.58. The van der Waals surface area contributed by atoms with Crippen molar-refractivity contribution >= 4 is 22.6 Å². The van der Waals surface area contributed by atoms with Crippen LogP contribution in [0.2, 0.25) is 0 Å². The molecule has 1 aliphatic heterocycles. The molecule has 0 fully saturated rings. The molecule has 1 aromatic heterocycles. The van der Waals surface area contributed by atoms with Crippen LogP contribution >= 0.6 is 0 Å². The fourth-order valence-corrected chi connectivity index (χ4v) is 3.21. The quantitative estimate of drug-likeness (QED) is 0.765. The number of rotatable bonds is 5. The number of hydrogen-bond acceptors (Lipinski definition) is 4. The monoisotopic (exact) mass is 353 g/mol. The maximum absolute atomic E-state index is 12.6. The van der Waals surface area contributed by atoms with E-state index in [1.54, 1.807) is 27.3 Å². The molecule has 0 unspecified atom stereocenters. The van der Waals surface area contributed by atoms with Crippen molar-refractivity contribution in [1.29, 1.82) is 0 Å². The largest absolute Gasteiger partial charge is 0.454 e. The first-order valence-electron chi connectivity index (χ1n) is 8.55. The number of imidazole rings is 1. The topological polar surface area (TPSA) is 74.5 Å². The van der Waals surface area contributed by atoms with Crippen LogP contribution in [0.1, 0.15) is 13.3 Å². The summed E-state index contributed by atoms with van der Waals surface area (Å²) < 4.78 is 13.9. The Labute approximate surface area is 149 Å². The highest BCUT2D eigenvalue weighted by Crippen LogP contribution is 2.34. The molecule has 26 heavy (non-hydrogen) atoms. The van der Waals surface area contributed by atoms with Crippen LogP contribution in [0.4, 0.5) is 5.69 Å². The number of para-hydroxylation sites is 2. The van der Waals surface area contributed by atoms with Gasteiger partial charge in [-0.05, 0) is 31.2 Å². The summed E-state index contributed by atoms with van der Waals surface area (Å²) in [4.78, 5) is 24.9. The summed E-state index contributed by atoms with van der Waals surface area (Å²) in [5.74, 6) is 1.12. The molecule has 2 aromatic carbocycles. The van der Waals surface area contributed by atoms with Gasteiger partial charge in [0.2, 0.25) is 12.7 Å². The number of benzene rings is 2. The lowest BCUT2D eigenvalue weighted by atomic mass is 10.2. The third kappa shape index (κ3) is 2.81. The Hall–Kier alpha value is -3.22. The van der Waals surface area contributed by atoms with E-state index < -0.39 is 0 Å². The normalized spacial score (nSPS) is 12.5. The van der Waals surface area contributed by atoms with Crippen LogP contribution in [0.5, 0.6) is 11.5 Å². The molecule has 3 aromatic rings. The molecule has 0 aliphatic carbocycles. The summed E-state index contributed by atoms with van der Waals surface area (Å²) in [6, 6.07) is 12.9. The van der Waals surface area contributed by atoms with E-state index in [9.17, 15) is 9.59 Å². The molecule has 4 rings (SSSR count). The number of ether oxygens (including phenoxy) is 2. The molecule has 1 N–H and O–H groups in total. The molecule has 1 amide bonds. The summed E-state index contributed by atoms with van der Waals surface area (Å²) in [7, 11) is 0. The lowest BCUT2D eigenvalue weighted by Crippen LogP contribution is -2.25. The summed E-state index contributed by atoms with van der Waals surface area (Å²) in [6.45, 7) is 3.04. The Kier molecular flexibility index (Phi) is 4.12. The SMILES string of the molecule is CCn1c(=O)n(CCC(=O)Nc2ccc3c(c2)OCO3)c2ccccc21. The third-order valence-electron chi connectivity index (χ3n) is 4.46. The lowest BCUT2D eigenvalue weighted by molar-refractivity contribution is -0.116. The van der Waals surface area contributed by atoms with Crippen LogP contribution in [0.15, 0.2) is 47.3 Å². The second kappa shape index (κ2) is 6.59. The number of nitrogens with zero attached hydrogens (tertiary/aromatic N) is 2. The lowest BCUT2D eigenvalue weighted by Gasteiger charge is -2.07. The predicted molar refractivity (Wildman–Crippen MR) is 97.7 cm³/mol. The summed E-state index contributed by atoms with van der Waals surface area (Å²) >= 11 is 0. The van der Waals surface area contributed by atoms with Gasteiger partial charge in [-0.25, -0.2) is 4.79 Å². The van der Waals surface area contributed by atoms with Gasteiger partial charge in [-0.1, -0.05) is 12.1 Å².